The fourth-order valence-corrected chi connectivity index (χ4v) is 5.07. The first-order chi connectivity index (χ1) is 16.9. The van der Waals surface area contributed by atoms with Gasteiger partial charge in [-0.3, -0.25) is 0 Å². The number of para-hydroxylation sites is 2. The Bertz CT molecular complexity index is 1740. The van der Waals surface area contributed by atoms with E-state index >= 15 is 0 Å². The van der Waals surface area contributed by atoms with Crippen LogP contribution < -0.4 is 0 Å². The molecule has 3 nitrogen and oxygen atoms in total. The smallest absolute Gasteiger partial charge is 0.145 e. The summed E-state index contributed by atoms with van der Waals surface area (Å²) >= 11 is 0. The summed E-state index contributed by atoms with van der Waals surface area (Å²) in [6.07, 6.45) is 4.06. The molecule has 3 heteroatoms. The van der Waals surface area contributed by atoms with E-state index < -0.39 is 0 Å². The second kappa shape index (κ2) is 7.46. The van der Waals surface area contributed by atoms with Crippen LogP contribution in [-0.2, 0) is 0 Å². The monoisotopic (exact) mass is 435 g/mol. The Morgan fingerprint density at radius 2 is 1.09 bits per heavy atom. The van der Waals surface area contributed by atoms with E-state index in [1.807, 2.05) is 18.3 Å². The molecule has 0 spiro atoms. The predicted molar refractivity (Wildman–Crippen MR) is 141 cm³/mol. The summed E-state index contributed by atoms with van der Waals surface area (Å²) < 4.78 is 4.53. The molecule has 0 aliphatic heterocycles. The number of hydrogen-bond donors (Lipinski definition) is 0. The standard InChI is InChI=1S/C31H21N3/c1-2-9-22(10-3-1)28-21-33(31-27(28)13-8-20-32-31)23-16-18-24(19-17-23)34-29-14-6-4-11-25(29)26-12-5-7-15-30(26)34/h1-21H. The molecule has 0 N–H and O–H groups in total. The Morgan fingerprint density at radius 1 is 0.500 bits per heavy atom. The molecule has 4 aromatic carbocycles. The van der Waals surface area contributed by atoms with Gasteiger partial charge in [-0.2, -0.15) is 0 Å². The Kier molecular flexibility index (Phi) is 4.15. The summed E-state index contributed by atoms with van der Waals surface area (Å²) in [5, 5.41) is 3.70. The molecule has 0 atom stereocenters. The van der Waals surface area contributed by atoms with Gasteiger partial charge >= 0.3 is 0 Å². The summed E-state index contributed by atoms with van der Waals surface area (Å²) in [5.41, 5.74) is 8.03. The van der Waals surface area contributed by atoms with Gasteiger partial charge in [-0.15, -0.1) is 0 Å². The van der Waals surface area contributed by atoms with Crippen LogP contribution >= 0.6 is 0 Å². The van der Waals surface area contributed by atoms with E-state index in [1.165, 1.54) is 32.9 Å². The van der Waals surface area contributed by atoms with Crippen LogP contribution in [0.25, 0.3) is 55.3 Å². The minimum Gasteiger partial charge on any atom is -0.309 e. The largest absolute Gasteiger partial charge is 0.309 e. The predicted octanol–water partition coefficient (Wildman–Crippen LogP) is 7.79. The Morgan fingerprint density at radius 3 is 1.79 bits per heavy atom. The zero-order chi connectivity index (χ0) is 22.5. The van der Waals surface area contributed by atoms with Crippen LogP contribution in [0.15, 0.2) is 128 Å². The fraction of sp³-hybridized carbons (Fsp3) is 0. The number of fused-ring (bicyclic) bond motifs is 4. The molecular weight excluding hydrogens is 414 g/mol. The molecule has 0 saturated heterocycles. The normalized spacial score (nSPS) is 11.5. The summed E-state index contributed by atoms with van der Waals surface area (Å²) in [6.45, 7) is 0. The number of nitrogens with zero attached hydrogens (tertiary/aromatic N) is 3. The van der Waals surface area contributed by atoms with Crippen LogP contribution in [-0.4, -0.2) is 14.1 Å². The van der Waals surface area contributed by atoms with Crippen molar-refractivity contribution in [2.75, 3.05) is 0 Å². The summed E-state index contributed by atoms with van der Waals surface area (Å²) in [7, 11) is 0. The first kappa shape index (κ1) is 18.9. The van der Waals surface area contributed by atoms with Crippen molar-refractivity contribution >= 4 is 32.8 Å². The highest BCUT2D eigenvalue weighted by molar-refractivity contribution is 6.09. The quantitative estimate of drug-likeness (QED) is 0.278. The lowest BCUT2D eigenvalue weighted by molar-refractivity contribution is 1.08. The van der Waals surface area contributed by atoms with E-state index in [0.29, 0.717) is 0 Å². The van der Waals surface area contributed by atoms with Gasteiger partial charge in [0.2, 0.25) is 0 Å². The third kappa shape index (κ3) is 2.81. The molecule has 7 rings (SSSR count). The minimum absolute atomic E-state index is 0.964. The molecule has 0 fully saturated rings. The molecule has 0 amide bonds. The SMILES string of the molecule is c1ccc(-c2cn(-c3ccc(-n4c5ccccc5c5ccccc54)cc3)c3ncccc23)cc1. The van der Waals surface area contributed by atoms with Crippen LogP contribution in [0.2, 0.25) is 0 Å². The highest BCUT2D eigenvalue weighted by Gasteiger charge is 2.14. The van der Waals surface area contributed by atoms with E-state index in [9.17, 15) is 0 Å². The molecular formula is C31H21N3. The van der Waals surface area contributed by atoms with E-state index in [4.69, 9.17) is 4.98 Å². The van der Waals surface area contributed by atoms with E-state index in [0.717, 1.165) is 22.4 Å². The molecule has 0 aliphatic rings. The molecule has 160 valence electrons. The summed E-state index contributed by atoms with van der Waals surface area (Å²) in [5.74, 6) is 0. The van der Waals surface area contributed by atoms with Crippen LogP contribution in [0.5, 0.6) is 0 Å². The first-order valence-corrected chi connectivity index (χ1v) is 11.5. The number of aromatic nitrogens is 3. The van der Waals surface area contributed by atoms with Gasteiger partial charge in [0.05, 0.1) is 11.0 Å². The van der Waals surface area contributed by atoms with Crippen LogP contribution in [0, 0.1) is 0 Å². The third-order valence-corrected chi connectivity index (χ3v) is 6.61. The zero-order valence-electron chi connectivity index (χ0n) is 18.5. The van der Waals surface area contributed by atoms with Crippen molar-refractivity contribution in [1.29, 1.82) is 0 Å². The highest BCUT2D eigenvalue weighted by Crippen LogP contribution is 2.34. The van der Waals surface area contributed by atoms with Crippen molar-refractivity contribution in [2.24, 2.45) is 0 Å². The van der Waals surface area contributed by atoms with Gasteiger partial charge in [0.15, 0.2) is 0 Å². The molecule has 3 aromatic heterocycles. The van der Waals surface area contributed by atoms with Gasteiger partial charge in [0, 0.05) is 45.5 Å². The van der Waals surface area contributed by atoms with E-state index in [2.05, 4.69) is 118 Å². The summed E-state index contributed by atoms with van der Waals surface area (Å²) in [4.78, 5) is 4.72. The van der Waals surface area contributed by atoms with Crippen molar-refractivity contribution < 1.29 is 0 Å². The molecule has 0 saturated carbocycles. The van der Waals surface area contributed by atoms with Crippen molar-refractivity contribution in [3.05, 3.63) is 128 Å². The van der Waals surface area contributed by atoms with E-state index in [-0.39, 0.29) is 0 Å². The zero-order valence-corrected chi connectivity index (χ0v) is 18.5. The number of benzene rings is 4. The Labute approximate surface area is 197 Å². The van der Waals surface area contributed by atoms with Gasteiger partial charge in [0.1, 0.15) is 5.65 Å². The molecule has 34 heavy (non-hydrogen) atoms. The lowest BCUT2D eigenvalue weighted by Crippen LogP contribution is -1.97. The van der Waals surface area contributed by atoms with Gasteiger partial charge < -0.3 is 9.13 Å². The molecule has 7 aromatic rings. The Hall–Kier alpha value is -4.63. The highest BCUT2D eigenvalue weighted by atomic mass is 15.0. The van der Waals surface area contributed by atoms with Crippen LogP contribution in [0.3, 0.4) is 0 Å². The van der Waals surface area contributed by atoms with Crippen molar-refractivity contribution in [3.63, 3.8) is 0 Å². The maximum absolute atomic E-state index is 4.72. The average molecular weight is 436 g/mol. The molecule has 0 aliphatic carbocycles. The maximum atomic E-state index is 4.72. The summed E-state index contributed by atoms with van der Waals surface area (Å²) in [6, 6.07) is 40.6. The van der Waals surface area contributed by atoms with Crippen molar-refractivity contribution in [2.45, 2.75) is 0 Å². The van der Waals surface area contributed by atoms with Gasteiger partial charge in [-0.05, 0) is 54.1 Å². The second-order valence-electron chi connectivity index (χ2n) is 8.54. The van der Waals surface area contributed by atoms with Gasteiger partial charge in [0.25, 0.3) is 0 Å². The van der Waals surface area contributed by atoms with E-state index in [1.54, 1.807) is 0 Å². The second-order valence-corrected chi connectivity index (χ2v) is 8.54. The van der Waals surface area contributed by atoms with Crippen molar-refractivity contribution in [3.8, 4) is 22.5 Å². The lowest BCUT2D eigenvalue weighted by Gasteiger charge is -2.10. The van der Waals surface area contributed by atoms with Gasteiger partial charge in [-0.1, -0.05) is 66.7 Å². The van der Waals surface area contributed by atoms with Crippen LogP contribution in [0.1, 0.15) is 0 Å². The third-order valence-electron chi connectivity index (χ3n) is 6.61. The van der Waals surface area contributed by atoms with Gasteiger partial charge in [-0.25, -0.2) is 4.98 Å². The maximum Gasteiger partial charge on any atom is 0.145 e. The van der Waals surface area contributed by atoms with Crippen molar-refractivity contribution in [1.82, 2.24) is 14.1 Å². The minimum atomic E-state index is 0.964. The molecule has 0 radical (unpaired) electrons. The fourth-order valence-electron chi connectivity index (χ4n) is 5.07. The Balaban J connectivity index is 1.40. The molecule has 0 unspecified atom stereocenters. The number of pyridine rings is 1. The van der Waals surface area contributed by atoms with Crippen LogP contribution in [0.4, 0.5) is 0 Å². The molecule has 0 bridgehead atoms. The number of rotatable bonds is 3. The first-order valence-electron chi connectivity index (χ1n) is 11.5. The number of hydrogen-bond acceptors (Lipinski definition) is 1. The topological polar surface area (TPSA) is 22.8 Å². The lowest BCUT2D eigenvalue weighted by atomic mass is 10.1. The molecule has 3 heterocycles. The average Bonchev–Trinajstić information content (AvgIpc) is 3.46.